The van der Waals surface area contributed by atoms with Crippen molar-refractivity contribution in [2.75, 3.05) is 0 Å². The smallest absolute Gasteiger partial charge is 0.0970 e. The zero-order valence-corrected chi connectivity index (χ0v) is 13.5. The van der Waals surface area contributed by atoms with Crippen LogP contribution in [0.15, 0.2) is 42.7 Å². The molecule has 0 bridgehead atoms. The van der Waals surface area contributed by atoms with E-state index in [1.807, 2.05) is 12.1 Å². The van der Waals surface area contributed by atoms with E-state index in [9.17, 15) is 5.11 Å². The van der Waals surface area contributed by atoms with Crippen molar-refractivity contribution in [2.45, 2.75) is 45.3 Å². The Morgan fingerprint density at radius 2 is 1.91 bits per heavy atom. The van der Waals surface area contributed by atoms with Gasteiger partial charge < -0.3 is 9.67 Å². The summed E-state index contributed by atoms with van der Waals surface area (Å²) in [6.07, 6.45) is 7.78. The highest BCUT2D eigenvalue weighted by Gasteiger charge is 2.21. The molecule has 0 fully saturated rings. The number of hydrogen-bond donors (Lipinski definition) is 1. The normalized spacial score (nSPS) is 15.6. The lowest BCUT2D eigenvalue weighted by Crippen LogP contribution is -2.13. The molecular weight excluding hydrogens is 284 g/mol. The monoisotopic (exact) mass is 306 g/mol. The van der Waals surface area contributed by atoms with Crippen LogP contribution in [-0.4, -0.2) is 14.7 Å². The van der Waals surface area contributed by atoms with Gasteiger partial charge >= 0.3 is 0 Å². The number of nitrogens with zero attached hydrogens (tertiary/aromatic N) is 2. The first kappa shape index (κ1) is 14.5. The summed E-state index contributed by atoms with van der Waals surface area (Å²) in [5, 5.41) is 12.0. The van der Waals surface area contributed by atoms with Crippen LogP contribution in [0.1, 0.15) is 41.3 Å². The Labute approximate surface area is 136 Å². The van der Waals surface area contributed by atoms with Crippen molar-refractivity contribution in [2.24, 2.45) is 0 Å². The minimum atomic E-state index is -0.499. The van der Waals surface area contributed by atoms with Crippen LogP contribution in [-0.2, 0) is 19.4 Å². The topological polar surface area (TPSA) is 38.0 Å². The lowest BCUT2D eigenvalue weighted by molar-refractivity contribution is 0.156. The van der Waals surface area contributed by atoms with Gasteiger partial charge in [0.25, 0.3) is 0 Å². The molecule has 0 saturated carbocycles. The second-order valence-corrected chi connectivity index (χ2v) is 6.56. The molecule has 1 N–H and O–H groups in total. The van der Waals surface area contributed by atoms with Crippen molar-refractivity contribution >= 4 is 10.9 Å². The molecule has 1 aromatic carbocycles. The van der Waals surface area contributed by atoms with Crippen molar-refractivity contribution in [1.82, 2.24) is 9.55 Å². The second-order valence-electron chi connectivity index (χ2n) is 6.56. The third-order valence-corrected chi connectivity index (χ3v) is 4.98. The van der Waals surface area contributed by atoms with E-state index in [1.165, 1.54) is 40.6 Å². The summed E-state index contributed by atoms with van der Waals surface area (Å²) in [7, 11) is 0. The average Bonchev–Trinajstić information content (AvgIpc) is 2.89. The van der Waals surface area contributed by atoms with Gasteiger partial charge in [-0.1, -0.05) is 11.6 Å². The summed E-state index contributed by atoms with van der Waals surface area (Å²) < 4.78 is 2.34. The molecule has 23 heavy (non-hydrogen) atoms. The van der Waals surface area contributed by atoms with Crippen LogP contribution in [0.3, 0.4) is 0 Å². The van der Waals surface area contributed by atoms with Gasteiger partial charge in [0.2, 0.25) is 0 Å². The molecule has 0 saturated heterocycles. The Morgan fingerprint density at radius 1 is 1.13 bits per heavy atom. The third-order valence-electron chi connectivity index (χ3n) is 4.98. The summed E-state index contributed by atoms with van der Waals surface area (Å²) in [4.78, 5) is 4.04. The molecule has 2 heterocycles. The van der Waals surface area contributed by atoms with E-state index in [0.717, 1.165) is 18.4 Å². The lowest BCUT2D eigenvalue weighted by atomic mass is 9.95. The van der Waals surface area contributed by atoms with Crippen molar-refractivity contribution in [3.63, 3.8) is 0 Å². The minimum Gasteiger partial charge on any atom is -0.387 e. The molecule has 0 amide bonds. The maximum Gasteiger partial charge on any atom is 0.0970 e. The standard InChI is InChI=1S/C20H22N2O/c1-14-6-7-19-17(12-14)16-4-2-3-5-18(16)22(19)13-20(23)15-8-10-21-11-9-15/h6-12,20,23H,2-5,13H2,1H3. The Hall–Kier alpha value is -2.13. The molecule has 1 aliphatic rings. The highest BCUT2D eigenvalue weighted by Crippen LogP contribution is 2.34. The molecule has 1 atom stereocenters. The summed E-state index contributed by atoms with van der Waals surface area (Å²) >= 11 is 0. The minimum absolute atomic E-state index is 0.499. The van der Waals surface area contributed by atoms with Gasteiger partial charge in [0.15, 0.2) is 0 Å². The Bertz CT molecular complexity index is 836. The number of aromatic nitrogens is 2. The third kappa shape index (κ3) is 2.55. The van der Waals surface area contributed by atoms with Crippen molar-refractivity contribution in [1.29, 1.82) is 0 Å². The van der Waals surface area contributed by atoms with Crippen LogP contribution in [0.2, 0.25) is 0 Å². The van der Waals surface area contributed by atoms with Gasteiger partial charge in [-0.05, 0) is 68.0 Å². The van der Waals surface area contributed by atoms with Crippen molar-refractivity contribution in [3.8, 4) is 0 Å². The van der Waals surface area contributed by atoms with Crippen molar-refractivity contribution in [3.05, 3.63) is 65.1 Å². The number of aliphatic hydroxyl groups is 1. The van der Waals surface area contributed by atoms with E-state index in [4.69, 9.17) is 0 Å². The van der Waals surface area contributed by atoms with Crippen molar-refractivity contribution < 1.29 is 5.11 Å². The number of hydrogen-bond acceptors (Lipinski definition) is 2. The van der Waals surface area contributed by atoms with Gasteiger partial charge in [-0.25, -0.2) is 0 Å². The first-order valence-corrected chi connectivity index (χ1v) is 8.42. The average molecular weight is 306 g/mol. The molecule has 0 aliphatic heterocycles. The zero-order valence-electron chi connectivity index (χ0n) is 13.5. The van der Waals surface area contributed by atoms with E-state index < -0.39 is 6.10 Å². The zero-order chi connectivity index (χ0) is 15.8. The molecule has 118 valence electrons. The fourth-order valence-electron chi connectivity index (χ4n) is 3.82. The maximum atomic E-state index is 10.7. The summed E-state index contributed by atoms with van der Waals surface area (Å²) in [5.74, 6) is 0. The molecule has 3 nitrogen and oxygen atoms in total. The fourth-order valence-corrected chi connectivity index (χ4v) is 3.82. The molecule has 4 rings (SSSR count). The largest absolute Gasteiger partial charge is 0.387 e. The Morgan fingerprint density at radius 3 is 2.74 bits per heavy atom. The van der Waals surface area contributed by atoms with Gasteiger partial charge in [0, 0.05) is 29.0 Å². The second kappa shape index (κ2) is 5.82. The molecule has 1 aliphatic carbocycles. The molecular formula is C20H22N2O. The molecule has 0 spiro atoms. The van der Waals surface area contributed by atoms with E-state index in [-0.39, 0.29) is 0 Å². The summed E-state index contributed by atoms with van der Waals surface area (Å²) in [6.45, 7) is 2.76. The van der Waals surface area contributed by atoms with Crippen LogP contribution >= 0.6 is 0 Å². The SMILES string of the molecule is Cc1ccc2c(c1)c1c(n2CC(O)c2ccncc2)CCCC1. The van der Waals surface area contributed by atoms with Gasteiger partial charge in [-0.15, -0.1) is 0 Å². The summed E-state index contributed by atoms with van der Waals surface area (Å²) in [6, 6.07) is 10.5. The Balaban J connectivity index is 1.80. The molecule has 2 aromatic heterocycles. The van der Waals surface area contributed by atoms with Gasteiger partial charge in [0.05, 0.1) is 12.6 Å². The van der Waals surface area contributed by atoms with E-state index in [1.54, 1.807) is 12.4 Å². The number of aliphatic hydroxyl groups excluding tert-OH is 1. The molecule has 3 aromatic rings. The van der Waals surface area contributed by atoms with E-state index >= 15 is 0 Å². The van der Waals surface area contributed by atoms with Gasteiger partial charge in [-0.3, -0.25) is 4.98 Å². The highest BCUT2D eigenvalue weighted by atomic mass is 16.3. The number of pyridine rings is 1. The number of aryl methyl sites for hydroxylation is 2. The van der Waals surface area contributed by atoms with Crippen LogP contribution < -0.4 is 0 Å². The number of rotatable bonds is 3. The lowest BCUT2D eigenvalue weighted by Gasteiger charge is -2.19. The van der Waals surface area contributed by atoms with Crippen LogP contribution in [0.4, 0.5) is 0 Å². The maximum absolute atomic E-state index is 10.7. The van der Waals surface area contributed by atoms with E-state index in [2.05, 4.69) is 34.7 Å². The fraction of sp³-hybridized carbons (Fsp3) is 0.350. The van der Waals surface area contributed by atoms with E-state index in [0.29, 0.717) is 6.54 Å². The Kier molecular flexibility index (Phi) is 3.66. The molecule has 1 unspecified atom stereocenters. The first-order chi connectivity index (χ1) is 11.2. The van der Waals surface area contributed by atoms with Crippen LogP contribution in [0.25, 0.3) is 10.9 Å². The van der Waals surface area contributed by atoms with Crippen LogP contribution in [0.5, 0.6) is 0 Å². The predicted molar refractivity (Wildman–Crippen MR) is 92.5 cm³/mol. The predicted octanol–water partition coefficient (Wildman–Crippen LogP) is 3.96. The van der Waals surface area contributed by atoms with Gasteiger partial charge in [0.1, 0.15) is 0 Å². The molecule has 3 heteroatoms. The van der Waals surface area contributed by atoms with Crippen LogP contribution in [0, 0.1) is 6.92 Å². The molecule has 0 radical (unpaired) electrons. The number of fused-ring (bicyclic) bond motifs is 3. The number of benzene rings is 1. The first-order valence-electron chi connectivity index (χ1n) is 8.42. The quantitative estimate of drug-likeness (QED) is 0.795. The summed E-state index contributed by atoms with van der Waals surface area (Å²) in [5.41, 5.74) is 6.41. The highest BCUT2D eigenvalue weighted by molar-refractivity contribution is 5.86. The van der Waals surface area contributed by atoms with Gasteiger partial charge in [-0.2, -0.15) is 0 Å².